The maximum atomic E-state index is 12.9. The van der Waals surface area contributed by atoms with Crippen LogP contribution in [0.4, 0.5) is 5.69 Å². The predicted molar refractivity (Wildman–Crippen MR) is 108 cm³/mol. The third-order valence-corrected chi connectivity index (χ3v) is 5.55. The van der Waals surface area contributed by atoms with E-state index in [1.165, 1.54) is 12.1 Å². The summed E-state index contributed by atoms with van der Waals surface area (Å²) in [5.41, 5.74) is 1.15. The molecule has 1 aliphatic rings. The fourth-order valence-electron chi connectivity index (χ4n) is 3.06. The zero-order valence-electron chi connectivity index (χ0n) is 14.7. The molecule has 0 radical (unpaired) electrons. The van der Waals surface area contributed by atoms with E-state index in [1.807, 2.05) is 0 Å². The van der Waals surface area contributed by atoms with Crippen LogP contribution in [0.25, 0.3) is 0 Å². The van der Waals surface area contributed by atoms with Gasteiger partial charge in [0.1, 0.15) is 4.88 Å². The molecule has 0 saturated heterocycles. The topological polar surface area (TPSA) is 89.5 Å². The minimum absolute atomic E-state index is 0.126. The lowest BCUT2D eigenvalue weighted by atomic mass is 9.83. The first-order valence-electron chi connectivity index (χ1n) is 8.49. The fraction of sp³-hybridized carbons (Fsp3) is 0.0476. The Morgan fingerprint density at radius 2 is 1.59 bits per heavy atom. The Hall–Kier alpha value is -3.29. The van der Waals surface area contributed by atoms with Crippen LogP contribution in [0.1, 0.15) is 41.5 Å². The quantitative estimate of drug-likeness (QED) is 0.499. The molecular weight excluding hydrogens is 414 g/mol. The number of nitrogens with one attached hydrogen (secondary N) is 1. The van der Waals surface area contributed by atoms with Crippen molar-refractivity contribution in [2.75, 3.05) is 11.9 Å². The Labute approximate surface area is 174 Å². The summed E-state index contributed by atoms with van der Waals surface area (Å²) in [7, 11) is 0. The van der Waals surface area contributed by atoms with Crippen molar-refractivity contribution in [3.05, 3.63) is 86.1 Å². The average Bonchev–Trinajstić information content (AvgIpc) is 3.16. The van der Waals surface area contributed by atoms with Crippen LogP contribution in [-0.2, 0) is 9.53 Å². The molecule has 0 aliphatic heterocycles. The second-order valence-corrected chi connectivity index (χ2v) is 7.88. The van der Waals surface area contributed by atoms with E-state index in [0.29, 0.717) is 9.90 Å². The number of hydrogen-bond acceptors (Lipinski definition) is 6. The lowest BCUT2D eigenvalue weighted by Gasteiger charge is -2.20. The molecule has 0 bridgehead atoms. The van der Waals surface area contributed by atoms with Crippen LogP contribution >= 0.6 is 22.9 Å². The van der Waals surface area contributed by atoms with E-state index in [2.05, 4.69) is 5.32 Å². The number of amides is 1. The number of carbonyl (C=O) groups is 4. The van der Waals surface area contributed by atoms with Crippen molar-refractivity contribution < 1.29 is 23.9 Å². The predicted octanol–water partition coefficient (Wildman–Crippen LogP) is 3.97. The normalized spacial score (nSPS) is 12.2. The van der Waals surface area contributed by atoms with Gasteiger partial charge in [0.05, 0.1) is 15.6 Å². The molecule has 1 amide bonds. The number of anilines is 1. The highest BCUT2D eigenvalue weighted by Crippen LogP contribution is 2.32. The van der Waals surface area contributed by atoms with E-state index in [4.69, 9.17) is 16.3 Å². The van der Waals surface area contributed by atoms with E-state index in [9.17, 15) is 19.2 Å². The second-order valence-electron chi connectivity index (χ2n) is 6.16. The highest BCUT2D eigenvalue weighted by Gasteiger charge is 2.31. The van der Waals surface area contributed by atoms with Crippen LogP contribution in [0, 0.1) is 0 Å². The van der Waals surface area contributed by atoms with Gasteiger partial charge < -0.3 is 10.1 Å². The van der Waals surface area contributed by atoms with Gasteiger partial charge in [-0.25, -0.2) is 4.79 Å². The third-order valence-electron chi connectivity index (χ3n) is 4.34. The molecule has 2 aromatic carbocycles. The number of ether oxygens (including phenoxy) is 1. The Morgan fingerprint density at radius 3 is 2.28 bits per heavy atom. The van der Waals surface area contributed by atoms with E-state index < -0.39 is 18.5 Å². The highest BCUT2D eigenvalue weighted by molar-refractivity contribution is 7.17. The molecule has 1 aliphatic carbocycles. The number of benzene rings is 2. The lowest BCUT2D eigenvalue weighted by Crippen LogP contribution is -2.25. The standard InChI is InChI=1S/C21H12ClNO5S/c22-16-9-8-15(29-16)21(27)28-10-17(24)23-14-7-3-6-13-18(14)20(26)12-5-2-1-4-11(12)19(13)25/h1-9H,10H2,(H,23,24). The van der Waals surface area contributed by atoms with Crippen molar-refractivity contribution in [1.82, 2.24) is 0 Å². The summed E-state index contributed by atoms with van der Waals surface area (Å²) < 4.78 is 5.40. The van der Waals surface area contributed by atoms with Crippen LogP contribution in [0.5, 0.6) is 0 Å². The van der Waals surface area contributed by atoms with Crippen LogP contribution < -0.4 is 5.32 Å². The molecule has 3 aromatic rings. The Kier molecular flexibility index (Phi) is 5.00. The first-order chi connectivity index (χ1) is 14.0. The number of rotatable bonds is 4. The minimum atomic E-state index is -0.674. The van der Waals surface area contributed by atoms with Crippen LogP contribution in [0.3, 0.4) is 0 Å². The molecule has 0 atom stereocenters. The molecule has 29 heavy (non-hydrogen) atoms. The van der Waals surface area contributed by atoms with E-state index in [1.54, 1.807) is 42.5 Å². The summed E-state index contributed by atoms with van der Waals surface area (Å²) in [4.78, 5) is 50.1. The van der Waals surface area contributed by atoms with Crippen LogP contribution in [0.2, 0.25) is 4.34 Å². The van der Waals surface area contributed by atoms with E-state index in [-0.39, 0.29) is 38.8 Å². The lowest BCUT2D eigenvalue weighted by molar-refractivity contribution is -0.119. The van der Waals surface area contributed by atoms with Crippen molar-refractivity contribution in [3.63, 3.8) is 0 Å². The van der Waals surface area contributed by atoms with Crippen molar-refractivity contribution in [2.45, 2.75) is 0 Å². The number of halogens is 1. The Bertz CT molecular complexity index is 1180. The molecule has 0 spiro atoms. The SMILES string of the molecule is O=C(COC(=O)c1ccc(Cl)s1)Nc1cccc2c1C(=O)c1ccccc1C2=O. The maximum Gasteiger partial charge on any atom is 0.348 e. The first kappa shape index (κ1) is 19.0. The molecule has 1 heterocycles. The molecule has 6 nitrogen and oxygen atoms in total. The van der Waals surface area contributed by atoms with Crippen molar-refractivity contribution in [2.24, 2.45) is 0 Å². The van der Waals surface area contributed by atoms with Gasteiger partial charge in [-0.1, -0.05) is 48.0 Å². The molecule has 8 heteroatoms. The fourth-order valence-corrected chi connectivity index (χ4v) is 4.00. The number of fused-ring (bicyclic) bond motifs is 2. The summed E-state index contributed by atoms with van der Waals surface area (Å²) in [5, 5.41) is 2.55. The number of hydrogen-bond donors (Lipinski definition) is 1. The van der Waals surface area contributed by atoms with Gasteiger partial charge in [-0.3, -0.25) is 14.4 Å². The van der Waals surface area contributed by atoms with Gasteiger partial charge in [-0.15, -0.1) is 11.3 Å². The van der Waals surface area contributed by atoms with Gasteiger partial charge in [0.2, 0.25) is 0 Å². The van der Waals surface area contributed by atoms with Crippen molar-refractivity contribution in [1.29, 1.82) is 0 Å². The van der Waals surface area contributed by atoms with E-state index in [0.717, 1.165) is 11.3 Å². The summed E-state index contributed by atoms with van der Waals surface area (Å²) in [5.74, 6) is -1.94. The first-order valence-corrected chi connectivity index (χ1v) is 9.69. The number of thiophene rings is 1. The average molecular weight is 426 g/mol. The zero-order chi connectivity index (χ0) is 20.5. The monoisotopic (exact) mass is 425 g/mol. The summed E-state index contributed by atoms with van der Waals surface area (Å²) in [6.45, 7) is -0.545. The largest absolute Gasteiger partial charge is 0.451 e. The summed E-state index contributed by atoms with van der Waals surface area (Å²) in [6.07, 6.45) is 0. The number of ketones is 2. The Morgan fingerprint density at radius 1 is 0.897 bits per heavy atom. The molecule has 0 saturated carbocycles. The molecule has 0 fully saturated rings. The van der Waals surface area contributed by atoms with Crippen molar-refractivity contribution in [3.8, 4) is 0 Å². The summed E-state index contributed by atoms with van der Waals surface area (Å²) >= 11 is 6.82. The highest BCUT2D eigenvalue weighted by atomic mass is 35.5. The van der Waals surface area contributed by atoms with Gasteiger partial charge in [-0.2, -0.15) is 0 Å². The Balaban J connectivity index is 1.53. The minimum Gasteiger partial charge on any atom is -0.451 e. The summed E-state index contributed by atoms with van der Waals surface area (Å²) in [6, 6.07) is 14.2. The van der Waals surface area contributed by atoms with Crippen LogP contribution in [-0.4, -0.2) is 30.0 Å². The smallest absolute Gasteiger partial charge is 0.348 e. The molecular formula is C21H12ClNO5S. The third kappa shape index (κ3) is 3.57. The van der Waals surface area contributed by atoms with Gasteiger partial charge in [0.25, 0.3) is 5.91 Å². The van der Waals surface area contributed by atoms with Crippen molar-refractivity contribution >= 4 is 52.1 Å². The second kappa shape index (κ2) is 7.62. The number of esters is 1. The van der Waals surface area contributed by atoms with Gasteiger partial charge >= 0.3 is 5.97 Å². The maximum absolute atomic E-state index is 12.9. The molecule has 1 N–H and O–H groups in total. The van der Waals surface area contributed by atoms with Crippen LogP contribution in [0.15, 0.2) is 54.6 Å². The van der Waals surface area contributed by atoms with E-state index >= 15 is 0 Å². The molecule has 144 valence electrons. The van der Waals surface area contributed by atoms with Gasteiger partial charge in [0, 0.05) is 16.7 Å². The molecule has 4 rings (SSSR count). The molecule has 0 unspecified atom stereocenters. The van der Waals surface area contributed by atoms with Gasteiger partial charge in [0.15, 0.2) is 18.2 Å². The zero-order valence-corrected chi connectivity index (χ0v) is 16.3. The molecule has 1 aromatic heterocycles. The number of carbonyl (C=O) groups excluding carboxylic acids is 4. The van der Waals surface area contributed by atoms with Gasteiger partial charge in [-0.05, 0) is 18.2 Å².